The van der Waals surface area contributed by atoms with Crippen molar-refractivity contribution < 1.29 is 4.74 Å². The summed E-state index contributed by atoms with van der Waals surface area (Å²) in [4.78, 5) is 5.37. The Labute approximate surface area is 118 Å². The molecular formula is C15H31N3O. The number of piperazine rings is 1. The van der Waals surface area contributed by atoms with Gasteiger partial charge in [0.15, 0.2) is 0 Å². The molecule has 0 aromatic carbocycles. The number of nitrogens with zero attached hydrogens (tertiary/aromatic N) is 2. The number of likely N-dealkylation sites (tertiary alicyclic amines) is 1. The van der Waals surface area contributed by atoms with Crippen molar-refractivity contribution in [3.8, 4) is 0 Å². The standard InChI is InChI=1S/C15H31N3O/c1-15(2)6-5-14(17-10-7-16-8-11-17)13-18(15)9-4-12-19-3/h14,16H,4-13H2,1-3H3. The molecule has 4 nitrogen and oxygen atoms in total. The van der Waals surface area contributed by atoms with Crippen LogP contribution in [0.1, 0.15) is 33.1 Å². The molecule has 2 fully saturated rings. The van der Waals surface area contributed by atoms with E-state index in [-0.39, 0.29) is 0 Å². The van der Waals surface area contributed by atoms with E-state index in [0.717, 1.165) is 32.2 Å². The molecule has 1 atom stereocenters. The molecular weight excluding hydrogens is 238 g/mol. The summed E-state index contributed by atoms with van der Waals surface area (Å²) in [6, 6.07) is 0.762. The summed E-state index contributed by atoms with van der Waals surface area (Å²) in [5, 5.41) is 3.45. The van der Waals surface area contributed by atoms with Crippen LogP contribution in [0.4, 0.5) is 0 Å². The SMILES string of the molecule is COCCCN1CC(N2CCNCC2)CCC1(C)C. The van der Waals surface area contributed by atoms with Gasteiger partial charge in [-0.2, -0.15) is 0 Å². The number of piperidine rings is 1. The van der Waals surface area contributed by atoms with Crippen molar-refractivity contribution in [2.75, 3.05) is 53.0 Å². The fraction of sp³-hybridized carbons (Fsp3) is 1.00. The summed E-state index contributed by atoms with van der Waals surface area (Å²) >= 11 is 0. The number of rotatable bonds is 5. The summed E-state index contributed by atoms with van der Waals surface area (Å²) in [6.07, 6.45) is 3.82. The van der Waals surface area contributed by atoms with Crippen LogP contribution in [0, 0.1) is 0 Å². The molecule has 2 aliphatic rings. The lowest BCUT2D eigenvalue weighted by molar-refractivity contribution is 0.00774. The lowest BCUT2D eigenvalue weighted by atomic mass is 9.87. The van der Waals surface area contributed by atoms with Crippen LogP contribution >= 0.6 is 0 Å². The van der Waals surface area contributed by atoms with Crippen molar-refractivity contribution in [2.45, 2.75) is 44.7 Å². The fourth-order valence-electron chi connectivity index (χ4n) is 3.41. The van der Waals surface area contributed by atoms with Crippen LogP contribution in [0.5, 0.6) is 0 Å². The Hall–Kier alpha value is -0.160. The average molecular weight is 269 g/mol. The number of methoxy groups -OCH3 is 1. The van der Waals surface area contributed by atoms with Crippen LogP contribution in [0.3, 0.4) is 0 Å². The van der Waals surface area contributed by atoms with Crippen LogP contribution in [0.15, 0.2) is 0 Å². The molecule has 0 aromatic rings. The molecule has 0 saturated carbocycles. The maximum atomic E-state index is 5.20. The van der Waals surface area contributed by atoms with Crippen molar-refractivity contribution in [3.63, 3.8) is 0 Å². The van der Waals surface area contributed by atoms with E-state index in [9.17, 15) is 0 Å². The lowest BCUT2D eigenvalue weighted by Gasteiger charge is -2.49. The topological polar surface area (TPSA) is 27.7 Å². The molecule has 1 unspecified atom stereocenters. The molecule has 0 radical (unpaired) electrons. The van der Waals surface area contributed by atoms with Gasteiger partial charge in [0.2, 0.25) is 0 Å². The van der Waals surface area contributed by atoms with Crippen LogP contribution in [0.25, 0.3) is 0 Å². The second-order valence-electron chi connectivity index (χ2n) is 6.58. The number of ether oxygens (including phenoxy) is 1. The van der Waals surface area contributed by atoms with Gasteiger partial charge in [0.05, 0.1) is 0 Å². The highest BCUT2D eigenvalue weighted by Gasteiger charge is 2.36. The zero-order valence-electron chi connectivity index (χ0n) is 13.0. The molecule has 0 aromatic heterocycles. The maximum Gasteiger partial charge on any atom is 0.0474 e. The first kappa shape index (κ1) is 15.2. The first-order valence-electron chi connectivity index (χ1n) is 7.82. The highest BCUT2D eigenvalue weighted by Crippen LogP contribution is 2.29. The summed E-state index contributed by atoms with van der Waals surface area (Å²) in [5.41, 5.74) is 0.359. The van der Waals surface area contributed by atoms with Crippen molar-refractivity contribution >= 4 is 0 Å². The largest absolute Gasteiger partial charge is 0.385 e. The van der Waals surface area contributed by atoms with E-state index in [4.69, 9.17) is 4.74 Å². The third-order valence-corrected chi connectivity index (χ3v) is 4.82. The van der Waals surface area contributed by atoms with Crippen LogP contribution < -0.4 is 5.32 Å². The van der Waals surface area contributed by atoms with Gasteiger partial charge in [-0.25, -0.2) is 0 Å². The molecule has 1 N–H and O–H groups in total. The first-order chi connectivity index (χ1) is 9.13. The van der Waals surface area contributed by atoms with Gasteiger partial charge in [0.25, 0.3) is 0 Å². The minimum atomic E-state index is 0.359. The molecule has 112 valence electrons. The predicted octanol–water partition coefficient (Wildman–Crippen LogP) is 1.17. The summed E-state index contributed by atoms with van der Waals surface area (Å²) in [7, 11) is 1.80. The third-order valence-electron chi connectivity index (χ3n) is 4.82. The molecule has 0 bridgehead atoms. The molecule has 4 heteroatoms. The zero-order chi connectivity index (χ0) is 13.7. The molecule has 2 heterocycles. The average Bonchev–Trinajstić information content (AvgIpc) is 2.42. The van der Waals surface area contributed by atoms with Crippen molar-refractivity contribution in [2.24, 2.45) is 0 Å². The Morgan fingerprint density at radius 1 is 1.26 bits per heavy atom. The Bertz CT molecular complexity index is 264. The summed E-state index contributed by atoms with van der Waals surface area (Å²) in [6.45, 7) is 12.8. The van der Waals surface area contributed by atoms with Crippen molar-refractivity contribution in [1.29, 1.82) is 0 Å². The van der Waals surface area contributed by atoms with Crippen molar-refractivity contribution in [1.82, 2.24) is 15.1 Å². The van der Waals surface area contributed by atoms with E-state index in [1.165, 1.54) is 39.0 Å². The van der Waals surface area contributed by atoms with Gasteiger partial charge in [-0.1, -0.05) is 0 Å². The van der Waals surface area contributed by atoms with Crippen LogP contribution in [-0.2, 0) is 4.74 Å². The fourth-order valence-corrected chi connectivity index (χ4v) is 3.41. The highest BCUT2D eigenvalue weighted by atomic mass is 16.5. The smallest absolute Gasteiger partial charge is 0.0474 e. The Balaban J connectivity index is 1.87. The molecule has 0 aliphatic carbocycles. The molecule has 2 rings (SSSR count). The van der Waals surface area contributed by atoms with Gasteiger partial charge in [-0.3, -0.25) is 9.80 Å². The Morgan fingerprint density at radius 2 is 2.00 bits per heavy atom. The second kappa shape index (κ2) is 7.02. The molecule has 2 aliphatic heterocycles. The van der Waals surface area contributed by atoms with Gasteiger partial charge in [-0.15, -0.1) is 0 Å². The van der Waals surface area contributed by atoms with Gasteiger partial charge < -0.3 is 10.1 Å². The highest BCUT2D eigenvalue weighted by molar-refractivity contribution is 4.93. The number of hydrogen-bond acceptors (Lipinski definition) is 4. The van der Waals surface area contributed by atoms with E-state index in [0.29, 0.717) is 5.54 Å². The maximum absolute atomic E-state index is 5.20. The third kappa shape index (κ3) is 4.15. The predicted molar refractivity (Wildman–Crippen MR) is 79.6 cm³/mol. The van der Waals surface area contributed by atoms with E-state index in [2.05, 4.69) is 29.0 Å². The molecule has 2 saturated heterocycles. The van der Waals surface area contributed by atoms with Gasteiger partial charge >= 0.3 is 0 Å². The second-order valence-corrected chi connectivity index (χ2v) is 6.58. The Kier molecular flexibility index (Phi) is 5.63. The molecule has 0 amide bonds. The normalized spacial score (nSPS) is 29.5. The van der Waals surface area contributed by atoms with E-state index >= 15 is 0 Å². The van der Waals surface area contributed by atoms with Crippen LogP contribution in [0.2, 0.25) is 0 Å². The molecule has 19 heavy (non-hydrogen) atoms. The van der Waals surface area contributed by atoms with E-state index in [1.54, 1.807) is 7.11 Å². The van der Waals surface area contributed by atoms with Crippen molar-refractivity contribution in [3.05, 3.63) is 0 Å². The summed E-state index contributed by atoms with van der Waals surface area (Å²) in [5.74, 6) is 0. The van der Waals surface area contributed by atoms with E-state index < -0.39 is 0 Å². The first-order valence-corrected chi connectivity index (χ1v) is 7.82. The lowest BCUT2D eigenvalue weighted by Crippen LogP contribution is -2.59. The quantitative estimate of drug-likeness (QED) is 0.758. The monoisotopic (exact) mass is 269 g/mol. The number of hydrogen-bond donors (Lipinski definition) is 1. The molecule has 0 spiro atoms. The van der Waals surface area contributed by atoms with Gasteiger partial charge in [0.1, 0.15) is 0 Å². The minimum Gasteiger partial charge on any atom is -0.385 e. The van der Waals surface area contributed by atoms with Gasteiger partial charge in [-0.05, 0) is 33.1 Å². The summed E-state index contributed by atoms with van der Waals surface area (Å²) < 4.78 is 5.20. The van der Waals surface area contributed by atoms with Gasteiger partial charge in [0, 0.05) is 64.6 Å². The van der Waals surface area contributed by atoms with E-state index in [1.807, 2.05) is 0 Å². The van der Waals surface area contributed by atoms with Crippen LogP contribution in [-0.4, -0.2) is 74.4 Å². The number of nitrogens with one attached hydrogen (secondary N) is 1. The Morgan fingerprint density at radius 3 is 2.68 bits per heavy atom. The minimum absolute atomic E-state index is 0.359. The zero-order valence-corrected chi connectivity index (χ0v) is 13.0.